The van der Waals surface area contributed by atoms with Gasteiger partial charge in [0, 0.05) is 0 Å². The van der Waals surface area contributed by atoms with Crippen LogP contribution >= 0.6 is 0 Å². The Morgan fingerprint density at radius 2 is 1.93 bits per heavy atom. The van der Waals surface area contributed by atoms with Crippen LogP contribution in [-0.2, 0) is 6.42 Å². The van der Waals surface area contributed by atoms with Gasteiger partial charge in [-0.3, -0.25) is 0 Å². The summed E-state index contributed by atoms with van der Waals surface area (Å²) in [5.74, 6) is 0.817. The Kier molecular flexibility index (Phi) is 4.14. The van der Waals surface area contributed by atoms with Gasteiger partial charge in [0.15, 0.2) is 6.61 Å². The van der Waals surface area contributed by atoms with E-state index in [-0.39, 0.29) is 6.61 Å². The summed E-state index contributed by atoms with van der Waals surface area (Å²) < 4.78 is 5.36. The number of nitriles is 1. The van der Waals surface area contributed by atoms with E-state index < -0.39 is 0 Å². The highest BCUT2D eigenvalue weighted by atomic mass is 16.5. The van der Waals surface area contributed by atoms with Crippen molar-refractivity contribution in [1.82, 2.24) is 0 Å². The fraction of sp³-hybridized carbons (Fsp3) is 0.417. The highest BCUT2D eigenvalue weighted by Crippen LogP contribution is 2.24. The van der Waals surface area contributed by atoms with Crippen LogP contribution in [0.3, 0.4) is 0 Å². The van der Waals surface area contributed by atoms with Crippen LogP contribution in [0.4, 0.5) is 0 Å². The number of aryl methyl sites for hydroxylation is 2. The summed E-state index contributed by atoms with van der Waals surface area (Å²) in [6.45, 7) is 4.72. The lowest BCUT2D eigenvalue weighted by atomic mass is 10.0. The summed E-state index contributed by atoms with van der Waals surface area (Å²) in [5, 5.41) is 8.46. The van der Waals surface area contributed by atoms with Gasteiger partial charge in [0.2, 0.25) is 0 Å². The first-order chi connectivity index (χ1) is 7.19. The maximum Gasteiger partial charge on any atom is 0.174 e. The molecular formula is C12H16N2O. The molecule has 0 bridgehead atoms. The van der Waals surface area contributed by atoms with Crippen LogP contribution in [0.5, 0.6) is 5.75 Å². The van der Waals surface area contributed by atoms with Crippen LogP contribution in [0.2, 0.25) is 0 Å². The Bertz CT molecular complexity index is 357. The van der Waals surface area contributed by atoms with E-state index in [9.17, 15) is 0 Å². The smallest absolute Gasteiger partial charge is 0.174 e. The van der Waals surface area contributed by atoms with Crippen molar-refractivity contribution in [1.29, 1.82) is 5.26 Å². The second-order valence-electron chi connectivity index (χ2n) is 3.54. The number of rotatable bonds is 4. The fourth-order valence-electron chi connectivity index (χ4n) is 1.68. The van der Waals surface area contributed by atoms with Crippen LogP contribution in [0, 0.1) is 25.2 Å². The Labute approximate surface area is 90.5 Å². The first-order valence-corrected chi connectivity index (χ1v) is 4.99. The lowest BCUT2D eigenvalue weighted by Crippen LogP contribution is -2.04. The molecule has 0 atom stereocenters. The molecule has 80 valence electrons. The standard InChI is InChI=1S/C12H16N2O/c1-9-7-11(3-4-13)8-10(2)12(9)15-6-5-14/h7-8H,3-4,6,13H2,1-2H3. The molecular weight excluding hydrogens is 188 g/mol. The van der Waals surface area contributed by atoms with E-state index in [0.717, 1.165) is 23.3 Å². The molecule has 2 N–H and O–H groups in total. The van der Waals surface area contributed by atoms with Gasteiger partial charge >= 0.3 is 0 Å². The van der Waals surface area contributed by atoms with Gasteiger partial charge in [-0.05, 0) is 43.5 Å². The van der Waals surface area contributed by atoms with Gasteiger partial charge in [-0.15, -0.1) is 0 Å². The summed E-state index contributed by atoms with van der Waals surface area (Å²) >= 11 is 0. The molecule has 0 heterocycles. The molecule has 15 heavy (non-hydrogen) atoms. The Hall–Kier alpha value is -1.53. The third kappa shape index (κ3) is 2.97. The van der Waals surface area contributed by atoms with Crippen molar-refractivity contribution in [3.8, 4) is 11.8 Å². The average Bonchev–Trinajstić information content (AvgIpc) is 2.17. The highest BCUT2D eigenvalue weighted by Gasteiger charge is 2.05. The lowest BCUT2D eigenvalue weighted by molar-refractivity contribution is 0.363. The molecule has 0 aliphatic carbocycles. The zero-order valence-corrected chi connectivity index (χ0v) is 9.21. The molecule has 0 fully saturated rings. The normalized spacial score (nSPS) is 9.73. The average molecular weight is 204 g/mol. The third-order valence-electron chi connectivity index (χ3n) is 2.23. The van der Waals surface area contributed by atoms with Gasteiger partial charge in [-0.25, -0.2) is 0 Å². The van der Waals surface area contributed by atoms with Crippen molar-refractivity contribution in [3.63, 3.8) is 0 Å². The van der Waals surface area contributed by atoms with Gasteiger partial charge in [0.05, 0.1) is 0 Å². The quantitative estimate of drug-likeness (QED) is 0.812. The highest BCUT2D eigenvalue weighted by molar-refractivity contribution is 5.43. The first kappa shape index (κ1) is 11.5. The number of ether oxygens (including phenoxy) is 1. The SMILES string of the molecule is Cc1cc(CCN)cc(C)c1OCC#N. The minimum Gasteiger partial charge on any atom is -0.478 e. The second kappa shape index (κ2) is 5.38. The first-order valence-electron chi connectivity index (χ1n) is 4.99. The zero-order valence-electron chi connectivity index (χ0n) is 9.21. The van der Waals surface area contributed by atoms with E-state index in [1.807, 2.05) is 19.9 Å². The van der Waals surface area contributed by atoms with Gasteiger partial charge in [0.1, 0.15) is 11.8 Å². The number of nitrogens with two attached hydrogens (primary N) is 1. The van der Waals surface area contributed by atoms with Crippen LogP contribution in [0.1, 0.15) is 16.7 Å². The topological polar surface area (TPSA) is 59.0 Å². The van der Waals surface area contributed by atoms with Crippen LogP contribution in [0.15, 0.2) is 12.1 Å². The summed E-state index contributed by atoms with van der Waals surface area (Å²) in [6, 6.07) is 6.09. The summed E-state index contributed by atoms with van der Waals surface area (Å²) in [7, 11) is 0. The van der Waals surface area contributed by atoms with Crippen molar-refractivity contribution in [3.05, 3.63) is 28.8 Å². The van der Waals surface area contributed by atoms with Crippen LogP contribution in [0.25, 0.3) is 0 Å². The summed E-state index contributed by atoms with van der Waals surface area (Å²) in [4.78, 5) is 0. The molecule has 0 aromatic heterocycles. The molecule has 0 spiro atoms. The second-order valence-corrected chi connectivity index (χ2v) is 3.54. The molecule has 0 saturated heterocycles. The molecule has 1 aromatic carbocycles. The van der Waals surface area contributed by atoms with Gasteiger partial charge < -0.3 is 10.5 Å². The Balaban J connectivity index is 2.94. The van der Waals surface area contributed by atoms with Gasteiger partial charge in [-0.1, -0.05) is 12.1 Å². The molecule has 3 heteroatoms. The molecule has 0 aliphatic heterocycles. The van der Waals surface area contributed by atoms with Gasteiger partial charge in [0.25, 0.3) is 0 Å². The van der Waals surface area contributed by atoms with E-state index in [2.05, 4.69) is 12.1 Å². The van der Waals surface area contributed by atoms with Crippen molar-refractivity contribution < 1.29 is 4.74 Å². The predicted molar refractivity (Wildman–Crippen MR) is 59.8 cm³/mol. The van der Waals surface area contributed by atoms with Gasteiger partial charge in [-0.2, -0.15) is 5.26 Å². The predicted octanol–water partition coefficient (Wildman–Crippen LogP) is 1.71. The minimum atomic E-state index is 0.0952. The molecule has 0 unspecified atom stereocenters. The van der Waals surface area contributed by atoms with E-state index in [1.165, 1.54) is 5.56 Å². The van der Waals surface area contributed by atoms with Crippen LogP contribution < -0.4 is 10.5 Å². The van der Waals surface area contributed by atoms with Crippen molar-refractivity contribution in [2.75, 3.05) is 13.2 Å². The Morgan fingerprint density at radius 3 is 2.40 bits per heavy atom. The maximum atomic E-state index is 8.46. The minimum absolute atomic E-state index is 0.0952. The van der Waals surface area contributed by atoms with E-state index in [4.69, 9.17) is 15.7 Å². The monoisotopic (exact) mass is 204 g/mol. The number of benzene rings is 1. The largest absolute Gasteiger partial charge is 0.478 e. The summed E-state index contributed by atoms with van der Waals surface area (Å²) in [5.41, 5.74) is 8.85. The number of nitrogens with zero attached hydrogens (tertiary/aromatic N) is 1. The molecule has 3 nitrogen and oxygen atoms in total. The third-order valence-corrected chi connectivity index (χ3v) is 2.23. The molecule has 0 aliphatic rings. The van der Waals surface area contributed by atoms with Crippen molar-refractivity contribution in [2.45, 2.75) is 20.3 Å². The van der Waals surface area contributed by atoms with E-state index >= 15 is 0 Å². The van der Waals surface area contributed by atoms with Crippen LogP contribution in [-0.4, -0.2) is 13.2 Å². The maximum absolute atomic E-state index is 8.46. The van der Waals surface area contributed by atoms with Crippen molar-refractivity contribution >= 4 is 0 Å². The Morgan fingerprint density at radius 1 is 1.33 bits per heavy atom. The zero-order chi connectivity index (χ0) is 11.3. The lowest BCUT2D eigenvalue weighted by Gasteiger charge is -2.11. The van der Waals surface area contributed by atoms with E-state index in [0.29, 0.717) is 6.54 Å². The number of hydrogen-bond donors (Lipinski definition) is 1. The number of hydrogen-bond acceptors (Lipinski definition) is 3. The molecule has 1 aromatic rings. The van der Waals surface area contributed by atoms with E-state index in [1.54, 1.807) is 0 Å². The molecule has 1 rings (SSSR count). The molecule has 0 radical (unpaired) electrons. The summed E-state index contributed by atoms with van der Waals surface area (Å²) in [6.07, 6.45) is 0.875. The van der Waals surface area contributed by atoms with Crippen molar-refractivity contribution in [2.24, 2.45) is 5.73 Å². The fourth-order valence-corrected chi connectivity index (χ4v) is 1.68. The molecule has 0 saturated carbocycles. The molecule has 0 amide bonds.